The fraction of sp³-hybridized carbons (Fsp3) is 0.273. The lowest BCUT2D eigenvalue weighted by molar-refractivity contribution is -0.129. The summed E-state index contributed by atoms with van der Waals surface area (Å²) in [5.74, 6) is 0.656. The van der Waals surface area contributed by atoms with Crippen LogP contribution in [0.5, 0.6) is 0 Å². The number of amides is 1. The summed E-state index contributed by atoms with van der Waals surface area (Å²) in [6.07, 6.45) is 2.38. The van der Waals surface area contributed by atoms with Gasteiger partial charge in [0.25, 0.3) is 0 Å². The second-order valence-electron chi connectivity index (χ2n) is 6.92. The van der Waals surface area contributed by atoms with Crippen molar-refractivity contribution in [3.8, 4) is 6.07 Å². The van der Waals surface area contributed by atoms with Crippen LogP contribution in [-0.2, 0) is 4.79 Å². The Labute approximate surface area is 174 Å². The van der Waals surface area contributed by atoms with Crippen molar-refractivity contribution in [2.75, 3.05) is 23.7 Å². The molecule has 0 spiro atoms. The molecule has 2 aromatic carbocycles. The normalized spacial score (nSPS) is 19.5. The highest BCUT2D eigenvalue weighted by molar-refractivity contribution is 8.03. The predicted molar refractivity (Wildman–Crippen MR) is 116 cm³/mol. The highest BCUT2D eigenvalue weighted by Gasteiger charge is 2.38. The van der Waals surface area contributed by atoms with Crippen molar-refractivity contribution in [3.63, 3.8) is 0 Å². The molecule has 1 amide bonds. The fourth-order valence-electron chi connectivity index (χ4n) is 3.75. The van der Waals surface area contributed by atoms with Crippen molar-refractivity contribution in [1.29, 1.82) is 5.26 Å². The molecule has 0 bridgehead atoms. The standard InChI is InChI=1S/C22H21N3OS2/c1-15-5-3-4-6-20(15)24-13-25-21(26)11-18(19(12-23)22(25)28-14-24)16-7-9-17(27-2)10-8-16/h3-10,18H,11,13-14H2,1-2H3/t18-/m0/s1. The van der Waals surface area contributed by atoms with Crippen molar-refractivity contribution in [3.05, 3.63) is 70.3 Å². The molecule has 1 saturated heterocycles. The van der Waals surface area contributed by atoms with Crippen molar-refractivity contribution < 1.29 is 4.79 Å². The van der Waals surface area contributed by atoms with E-state index in [1.807, 2.05) is 30.5 Å². The molecule has 2 aromatic rings. The molecule has 4 rings (SSSR count). The molecule has 2 aliphatic rings. The van der Waals surface area contributed by atoms with Crippen LogP contribution in [0, 0.1) is 18.3 Å². The first-order valence-electron chi connectivity index (χ1n) is 9.14. The number of carbonyl (C=O) groups excluding carboxylic acids is 1. The Bertz CT molecular complexity index is 978. The lowest BCUT2D eigenvalue weighted by Crippen LogP contribution is -2.47. The highest BCUT2D eigenvalue weighted by Crippen LogP contribution is 2.43. The molecular formula is C22H21N3OS2. The number of hydrogen-bond acceptors (Lipinski definition) is 5. The van der Waals surface area contributed by atoms with Crippen LogP contribution in [0.2, 0.25) is 0 Å². The maximum atomic E-state index is 13.0. The quantitative estimate of drug-likeness (QED) is 0.675. The molecule has 0 radical (unpaired) electrons. The Kier molecular flexibility index (Phi) is 5.38. The summed E-state index contributed by atoms with van der Waals surface area (Å²) in [7, 11) is 0. The van der Waals surface area contributed by atoms with Crippen molar-refractivity contribution >= 4 is 35.1 Å². The van der Waals surface area contributed by atoms with E-state index in [0.29, 0.717) is 18.7 Å². The summed E-state index contributed by atoms with van der Waals surface area (Å²) in [5.41, 5.74) is 4.07. The van der Waals surface area contributed by atoms with E-state index >= 15 is 0 Å². The third-order valence-electron chi connectivity index (χ3n) is 5.27. The van der Waals surface area contributed by atoms with Gasteiger partial charge in [0.15, 0.2) is 0 Å². The van der Waals surface area contributed by atoms with Gasteiger partial charge in [-0.3, -0.25) is 9.69 Å². The summed E-state index contributed by atoms with van der Waals surface area (Å²) in [4.78, 5) is 18.2. The monoisotopic (exact) mass is 407 g/mol. The number of hydrogen-bond donors (Lipinski definition) is 0. The van der Waals surface area contributed by atoms with Crippen molar-refractivity contribution in [1.82, 2.24) is 4.90 Å². The van der Waals surface area contributed by atoms with Crippen LogP contribution in [0.15, 0.2) is 64.0 Å². The van der Waals surface area contributed by atoms with E-state index in [4.69, 9.17) is 0 Å². The first-order chi connectivity index (χ1) is 13.6. The molecular weight excluding hydrogens is 386 g/mol. The first kappa shape index (κ1) is 19.0. The third-order valence-corrected chi connectivity index (χ3v) is 7.17. The van der Waals surface area contributed by atoms with Crippen LogP contribution in [0.25, 0.3) is 0 Å². The molecule has 1 fully saturated rings. The number of carbonyl (C=O) groups is 1. The molecule has 0 unspecified atom stereocenters. The molecule has 2 aliphatic heterocycles. The van der Waals surface area contributed by atoms with E-state index in [0.717, 1.165) is 22.2 Å². The van der Waals surface area contributed by atoms with Crippen molar-refractivity contribution in [2.45, 2.75) is 24.2 Å². The summed E-state index contributed by atoms with van der Waals surface area (Å²) < 4.78 is 0. The number of aryl methyl sites for hydroxylation is 1. The molecule has 0 aliphatic carbocycles. The van der Waals surface area contributed by atoms with Crippen LogP contribution in [0.1, 0.15) is 23.5 Å². The van der Waals surface area contributed by atoms with Crippen LogP contribution in [-0.4, -0.2) is 29.6 Å². The average Bonchev–Trinajstić information content (AvgIpc) is 2.74. The first-order valence-corrected chi connectivity index (χ1v) is 11.4. The van der Waals surface area contributed by atoms with Gasteiger partial charge in [-0.2, -0.15) is 5.26 Å². The van der Waals surface area contributed by atoms with E-state index in [1.165, 1.54) is 10.5 Å². The number of fused-ring (bicyclic) bond motifs is 1. The maximum absolute atomic E-state index is 13.0. The minimum absolute atomic E-state index is 0.0822. The largest absolute Gasteiger partial charge is 0.343 e. The topological polar surface area (TPSA) is 47.3 Å². The lowest BCUT2D eigenvalue weighted by atomic mass is 9.86. The van der Waals surface area contributed by atoms with Gasteiger partial charge in [-0.25, -0.2) is 0 Å². The number of para-hydroxylation sites is 1. The molecule has 0 aromatic heterocycles. The van der Waals surface area contributed by atoms with Gasteiger partial charge >= 0.3 is 0 Å². The Morgan fingerprint density at radius 3 is 2.61 bits per heavy atom. The predicted octanol–water partition coefficient (Wildman–Crippen LogP) is 4.94. The summed E-state index contributed by atoms with van der Waals surface area (Å²) in [5, 5.41) is 10.7. The lowest BCUT2D eigenvalue weighted by Gasteiger charge is -2.42. The van der Waals surface area contributed by atoms with E-state index < -0.39 is 0 Å². The Hall–Kier alpha value is -2.36. The molecule has 142 valence electrons. The summed E-state index contributed by atoms with van der Waals surface area (Å²) >= 11 is 3.27. The van der Waals surface area contributed by atoms with E-state index in [-0.39, 0.29) is 11.8 Å². The van der Waals surface area contributed by atoms with Crippen molar-refractivity contribution in [2.24, 2.45) is 0 Å². The number of nitriles is 1. The highest BCUT2D eigenvalue weighted by atomic mass is 32.2. The fourth-order valence-corrected chi connectivity index (χ4v) is 5.32. The number of thioether (sulfide) groups is 2. The zero-order valence-electron chi connectivity index (χ0n) is 15.9. The van der Waals surface area contributed by atoms with Crippen LogP contribution in [0.4, 0.5) is 5.69 Å². The zero-order chi connectivity index (χ0) is 19.7. The molecule has 2 heterocycles. The SMILES string of the molecule is CSc1ccc([C@@H]2CC(=O)N3CN(c4ccccc4C)CSC3=C2C#N)cc1. The number of allylic oxidation sites excluding steroid dienone is 1. The molecule has 0 N–H and O–H groups in total. The average molecular weight is 408 g/mol. The Balaban J connectivity index is 1.66. The zero-order valence-corrected chi connectivity index (χ0v) is 17.5. The van der Waals surface area contributed by atoms with Crippen LogP contribution >= 0.6 is 23.5 Å². The third kappa shape index (κ3) is 3.41. The van der Waals surface area contributed by atoms with Gasteiger partial charge in [-0.15, -0.1) is 11.8 Å². The smallest absolute Gasteiger partial charge is 0.229 e. The number of nitrogens with zero attached hydrogens (tertiary/aromatic N) is 3. The van der Waals surface area contributed by atoms with Gasteiger partial charge in [0.2, 0.25) is 5.91 Å². The summed E-state index contributed by atoms with van der Waals surface area (Å²) in [6.45, 7) is 2.58. The number of rotatable bonds is 3. The van der Waals surface area contributed by atoms with Gasteiger partial charge in [0.05, 0.1) is 29.2 Å². The minimum atomic E-state index is -0.155. The minimum Gasteiger partial charge on any atom is -0.343 e. The number of anilines is 1. The molecule has 6 heteroatoms. The van der Waals surface area contributed by atoms with Crippen LogP contribution in [0.3, 0.4) is 0 Å². The van der Waals surface area contributed by atoms with Gasteiger partial charge < -0.3 is 4.90 Å². The second-order valence-corrected chi connectivity index (χ2v) is 8.74. The Morgan fingerprint density at radius 1 is 1.18 bits per heavy atom. The molecule has 1 atom stereocenters. The number of benzene rings is 2. The van der Waals surface area contributed by atoms with Gasteiger partial charge in [0, 0.05) is 22.9 Å². The Morgan fingerprint density at radius 2 is 1.93 bits per heavy atom. The maximum Gasteiger partial charge on any atom is 0.229 e. The molecule has 4 nitrogen and oxygen atoms in total. The molecule has 28 heavy (non-hydrogen) atoms. The van der Waals surface area contributed by atoms with Gasteiger partial charge in [0.1, 0.15) is 0 Å². The van der Waals surface area contributed by atoms with E-state index in [1.54, 1.807) is 28.4 Å². The molecule has 0 saturated carbocycles. The van der Waals surface area contributed by atoms with E-state index in [2.05, 4.69) is 42.2 Å². The second kappa shape index (κ2) is 7.94. The van der Waals surface area contributed by atoms with Crippen LogP contribution < -0.4 is 4.90 Å². The van der Waals surface area contributed by atoms with E-state index in [9.17, 15) is 10.1 Å². The van der Waals surface area contributed by atoms with Gasteiger partial charge in [-0.05, 0) is 42.5 Å². The summed E-state index contributed by atoms with van der Waals surface area (Å²) in [6, 6.07) is 18.8. The van der Waals surface area contributed by atoms with Gasteiger partial charge in [-0.1, -0.05) is 42.1 Å².